The van der Waals surface area contributed by atoms with E-state index in [0.717, 1.165) is 11.7 Å². The van der Waals surface area contributed by atoms with Crippen LogP contribution >= 0.6 is 12.6 Å². The highest BCUT2D eigenvalue weighted by Gasteiger charge is 2.05. The van der Waals surface area contributed by atoms with Gasteiger partial charge in [-0.25, -0.2) is 0 Å². The van der Waals surface area contributed by atoms with Gasteiger partial charge in [0.25, 0.3) is 0 Å². The summed E-state index contributed by atoms with van der Waals surface area (Å²) in [6.45, 7) is 4.54. The van der Waals surface area contributed by atoms with Gasteiger partial charge in [-0.3, -0.25) is 0 Å². The minimum atomic E-state index is 0.930. The predicted molar refractivity (Wildman–Crippen MR) is 59.6 cm³/mol. The third-order valence-electron chi connectivity index (χ3n) is 2.44. The highest BCUT2D eigenvalue weighted by atomic mass is 32.1. The zero-order valence-corrected chi connectivity index (χ0v) is 9.46. The second-order valence-electron chi connectivity index (χ2n) is 3.64. The molecule has 1 atom stereocenters. The van der Waals surface area contributed by atoms with Gasteiger partial charge >= 0.3 is 0 Å². The van der Waals surface area contributed by atoms with Crippen molar-refractivity contribution in [1.29, 1.82) is 0 Å². The van der Waals surface area contributed by atoms with Gasteiger partial charge in [0, 0.05) is 5.75 Å². The Labute approximate surface area is 83.5 Å². The summed E-state index contributed by atoms with van der Waals surface area (Å²) in [6.07, 6.45) is 9.55. The smallest absolute Gasteiger partial charge is 0.00395 e. The van der Waals surface area contributed by atoms with Crippen molar-refractivity contribution >= 4 is 12.6 Å². The summed E-state index contributed by atoms with van der Waals surface area (Å²) in [5.41, 5.74) is 0. The predicted octanol–water partition coefficient (Wildman–Crippen LogP) is 4.57. The lowest BCUT2D eigenvalue weighted by molar-refractivity contribution is 0.415. The highest BCUT2D eigenvalue weighted by molar-refractivity contribution is 7.80. The molecule has 0 spiro atoms. The average Bonchev–Trinajstić information content (AvgIpc) is 2.06. The van der Waals surface area contributed by atoms with E-state index in [1.807, 2.05) is 0 Å². The molecule has 73 valence electrons. The Balaban J connectivity index is 3.34. The van der Waals surface area contributed by atoms with Crippen molar-refractivity contribution in [2.75, 3.05) is 5.75 Å². The maximum atomic E-state index is 5.02. The normalized spacial score (nSPS) is 13.2. The maximum absolute atomic E-state index is 5.02. The van der Waals surface area contributed by atoms with Gasteiger partial charge in [-0.15, -0.1) is 0 Å². The second-order valence-corrected chi connectivity index (χ2v) is 4.05. The summed E-state index contributed by atoms with van der Waals surface area (Å²) in [5.74, 6) is 1.88. The van der Waals surface area contributed by atoms with Crippen molar-refractivity contribution in [3.8, 4) is 0 Å². The van der Waals surface area contributed by atoms with Crippen LogP contribution in [-0.2, 0) is 0 Å². The molecule has 0 heterocycles. The molecule has 0 bridgehead atoms. The van der Waals surface area contributed by atoms with Crippen molar-refractivity contribution in [1.82, 2.24) is 0 Å². The maximum Gasteiger partial charge on any atom is 0.00395 e. The van der Waals surface area contributed by atoms with E-state index >= 15 is 0 Å². The van der Waals surface area contributed by atoms with Gasteiger partial charge in [-0.2, -0.15) is 0 Å². The van der Waals surface area contributed by atoms with Gasteiger partial charge in [0.15, 0.2) is 0 Å². The molecule has 0 aromatic heterocycles. The van der Waals surface area contributed by atoms with Crippen LogP contribution < -0.4 is 0 Å². The largest absolute Gasteiger partial charge is 0.0941 e. The van der Waals surface area contributed by atoms with Gasteiger partial charge < -0.3 is 0 Å². The summed E-state index contributed by atoms with van der Waals surface area (Å²) in [6, 6.07) is 0. The fourth-order valence-corrected chi connectivity index (χ4v) is 2.02. The lowest BCUT2D eigenvalue weighted by Gasteiger charge is -2.13. The Morgan fingerprint density at radius 1 is 0.917 bits per heavy atom. The number of rotatable bonds is 8. The van der Waals surface area contributed by atoms with Crippen LogP contribution in [0.3, 0.4) is 0 Å². The third kappa shape index (κ3) is 7.02. The van der Waals surface area contributed by atoms with E-state index in [1.54, 1.807) is 0 Å². The molecule has 0 fully saturated rings. The Bertz CT molecular complexity index is 75.1. The second kappa shape index (κ2) is 9.44. The first kappa shape index (κ1) is 12.3. The first-order valence-corrected chi connectivity index (χ1v) is 6.00. The summed E-state index contributed by atoms with van der Waals surface area (Å²) in [4.78, 5) is 0. The van der Waals surface area contributed by atoms with Crippen molar-refractivity contribution in [3.05, 3.63) is 0 Å². The molecule has 1 heteroatoms. The molecule has 0 aliphatic rings. The molecular formula is C11H23S. The molecule has 0 saturated heterocycles. The molecule has 0 rings (SSSR count). The Kier molecular flexibility index (Phi) is 9.71. The summed E-state index contributed by atoms with van der Waals surface area (Å²) >= 11 is 5.02. The van der Waals surface area contributed by atoms with Crippen LogP contribution in [0.2, 0.25) is 0 Å². The standard InChI is InChI=1S/C11H23S/c1-3-5-6-8-11(7-4-2)9-10-12/h11H,3-10H2,1-2H3. The van der Waals surface area contributed by atoms with Crippen LogP contribution in [0.25, 0.3) is 0 Å². The highest BCUT2D eigenvalue weighted by Crippen LogP contribution is 2.19. The van der Waals surface area contributed by atoms with Gasteiger partial charge in [-0.1, -0.05) is 65.0 Å². The molecule has 0 aromatic carbocycles. The molecule has 0 aromatic rings. The van der Waals surface area contributed by atoms with Crippen LogP contribution in [-0.4, -0.2) is 5.75 Å². The van der Waals surface area contributed by atoms with Crippen molar-refractivity contribution < 1.29 is 0 Å². The van der Waals surface area contributed by atoms with E-state index in [4.69, 9.17) is 12.6 Å². The van der Waals surface area contributed by atoms with E-state index in [0.29, 0.717) is 0 Å². The molecule has 1 unspecified atom stereocenters. The van der Waals surface area contributed by atoms with Gasteiger partial charge in [-0.05, 0) is 12.3 Å². The molecule has 0 nitrogen and oxygen atoms in total. The fraction of sp³-hybridized carbons (Fsp3) is 1.00. The van der Waals surface area contributed by atoms with Crippen molar-refractivity contribution in [2.45, 2.75) is 58.8 Å². The van der Waals surface area contributed by atoms with Crippen LogP contribution in [0.15, 0.2) is 0 Å². The van der Waals surface area contributed by atoms with Crippen molar-refractivity contribution in [3.63, 3.8) is 0 Å². The molecule has 1 radical (unpaired) electrons. The molecule has 0 N–H and O–H groups in total. The van der Waals surface area contributed by atoms with E-state index in [2.05, 4.69) is 13.8 Å². The minimum absolute atomic E-state index is 0.930. The summed E-state index contributed by atoms with van der Waals surface area (Å²) in [5, 5.41) is 0. The van der Waals surface area contributed by atoms with Crippen LogP contribution in [0, 0.1) is 5.92 Å². The lowest BCUT2D eigenvalue weighted by Crippen LogP contribution is -2.00. The Morgan fingerprint density at radius 3 is 2.17 bits per heavy atom. The molecular weight excluding hydrogens is 164 g/mol. The van der Waals surface area contributed by atoms with E-state index in [9.17, 15) is 0 Å². The monoisotopic (exact) mass is 187 g/mol. The van der Waals surface area contributed by atoms with Crippen molar-refractivity contribution in [2.24, 2.45) is 5.92 Å². The first-order valence-electron chi connectivity index (χ1n) is 5.43. The van der Waals surface area contributed by atoms with Crippen LogP contribution in [0.4, 0.5) is 0 Å². The van der Waals surface area contributed by atoms with Gasteiger partial charge in [0.2, 0.25) is 0 Å². The number of hydrogen-bond donors (Lipinski definition) is 0. The molecule has 12 heavy (non-hydrogen) atoms. The summed E-state index contributed by atoms with van der Waals surface area (Å²) < 4.78 is 0. The van der Waals surface area contributed by atoms with E-state index in [1.165, 1.54) is 44.9 Å². The molecule has 0 saturated carbocycles. The molecule has 0 aliphatic heterocycles. The topological polar surface area (TPSA) is 0 Å². The Hall–Kier alpha value is 0.350. The third-order valence-corrected chi connectivity index (χ3v) is 2.67. The molecule has 0 aliphatic carbocycles. The quantitative estimate of drug-likeness (QED) is 0.488. The van der Waals surface area contributed by atoms with E-state index < -0.39 is 0 Å². The van der Waals surface area contributed by atoms with Gasteiger partial charge in [0.1, 0.15) is 0 Å². The average molecular weight is 187 g/mol. The zero-order valence-electron chi connectivity index (χ0n) is 8.64. The first-order chi connectivity index (χ1) is 5.85. The van der Waals surface area contributed by atoms with Crippen LogP contribution in [0.1, 0.15) is 58.8 Å². The van der Waals surface area contributed by atoms with E-state index in [-0.39, 0.29) is 0 Å². The van der Waals surface area contributed by atoms with Crippen LogP contribution in [0.5, 0.6) is 0 Å². The lowest BCUT2D eigenvalue weighted by atomic mass is 9.94. The Morgan fingerprint density at radius 2 is 1.67 bits per heavy atom. The molecule has 0 amide bonds. The fourth-order valence-electron chi connectivity index (χ4n) is 1.69. The number of hydrogen-bond acceptors (Lipinski definition) is 0. The van der Waals surface area contributed by atoms with Gasteiger partial charge in [0.05, 0.1) is 0 Å². The SMILES string of the molecule is CCCCCC(CCC)CC[S]. The zero-order chi connectivity index (χ0) is 9.23. The minimum Gasteiger partial charge on any atom is -0.0941 e. The summed E-state index contributed by atoms with van der Waals surface area (Å²) in [7, 11) is 0. The number of unbranched alkanes of at least 4 members (excludes halogenated alkanes) is 2.